The smallest absolute Gasteiger partial charge is 0.210 e. The summed E-state index contributed by atoms with van der Waals surface area (Å²) in [6, 6.07) is 16.0. The van der Waals surface area contributed by atoms with E-state index >= 15 is 0 Å². The van der Waals surface area contributed by atoms with Crippen LogP contribution in [0.3, 0.4) is 0 Å². The number of methoxy groups -OCH3 is 1. The topological polar surface area (TPSA) is 78.0 Å². The molecule has 25 heavy (non-hydrogen) atoms. The highest BCUT2D eigenvalue weighted by molar-refractivity contribution is 7.98. The van der Waals surface area contributed by atoms with Gasteiger partial charge in [-0.05, 0) is 42.3 Å². The molecule has 3 N–H and O–H groups in total. The van der Waals surface area contributed by atoms with Gasteiger partial charge in [0.1, 0.15) is 5.75 Å². The summed E-state index contributed by atoms with van der Waals surface area (Å²) in [5, 5.41) is 12.4. The standard InChI is InChI=1S/C18H21N5OS/c1-13-5-3-4-6-14(13)12-25-18-22-21-17(23(18)19)11-20-15-7-9-16(24-2)10-8-15/h3-10,20H,11-12,19H2,1-2H3. The number of ether oxygens (including phenoxy) is 1. The number of thioether (sulfide) groups is 1. The van der Waals surface area contributed by atoms with Crippen molar-refractivity contribution in [3.05, 3.63) is 65.5 Å². The molecule has 0 atom stereocenters. The van der Waals surface area contributed by atoms with Gasteiger partial charge < -0.3 is 15.9 Å². The number of rotatable bonds is 7. The number of benzene rings is 2. The first-order valence-corrected chi connectivity index (χ1v) is 8.90. The number of aryl methyl sites for hydroxylation is 1. The molecule has 3 aromatic rings. The van der Waals surface area contributed by atoms with E-state index in [4.69, 9.17) is 10.6 Å². The van der Waals surface area contributed by atoms with Crippen LogP contribution in [0.15, 0.2) is 53.7 Å². The fourth-order valence-corrected chi connectivity index (χ4v) is 3.28. The number of anilines is 1. The summed E-state index contributed by atoms with van der Waals surface area (Å²) in [7, 11) is 1.65. The number of aromatic nitrogens is 3. The molecule has 0 unspecified atom stereocenters. The molecule has 0 bridgehead atoms. The second kappa shape index (κ2) is 7.94. The van der Waals surface area contributed by atoms with E-state index in [1.165, 1.54) is 11.1 Å². The first kappa shape index (κ1) is 17.2. The van der Waals surface area contributed by atoms with Crippen molar-refractivity contribution in [2.75, 3.05) is 18.3 Å². The monoisotopic (exact) mass is 355 g/mol. The second-order valence-corrected chi connectivity index (χ2v) is 6.51. The fraction of sp³-hybridized carbons (Fsp3) is 0.222. The van der Waals surface area contributed by atoms with Crippen LogP contribution >= 0.6 is 11.8 Å². The third-order valence-electron chi connectivity index (χ3n) is 3.89. The van der Waals surface area contributed by atoms with Crippen molar-refractivity contribution < 1.29 is 4.74 Å². The summed E-state index contributed by atoms with van der Waals surface area (Å²) in [4.78, 5) is 0. The minimum atomic E-state index is 0.501. The summed E-state index contributed by atoms with van der Waals surface area (Å²) in [6.45, 7) is 2.61. The van der Waals surface area contributed by atoms with Crippen molar-refractivity contribution >= 4 is 17.4 Å². The van der Waals surface area contributed by atoms with Gasteiger partial charge in [-0.3, -0.25) is 0 Å². The van der Waals surface area contributed by atoms with Crippen LogP contribution in [0.4, 0.5) is 5.69 Å². The van der Waals surface area contributed by atoms with Crippen LogP contribution in [0.5, 0.6) is 5.75 Å². The van der Waals surface area contributed by atoms with E-state index in [0.29, 0.717) is 17.5 Å². The van der Waals surface area contributed by atoms with E-state index in [1.54, 1.807) is 23.5 Å². The third kappa shape index (κ3) is 4.24. The number of hydrogen-bond donors (Lipinski definition) is 2. The Morgan fingerprint density at radius 2 is 1.88 bits per heavy atom. The highest BCUT2D eigenvalue weighted by atomic mass is 32.2. The van der Waals surface area contributed by atoms with Crippen LogP contribution in [-0.4, -0.2) is 22.0 Å². The number of hydrogen-bond acceptors (Lipinski definition) is 6. The molecule has 1 heterocycles. The summed E-state index contributed by atoms with van der Waals surface area (Å²) >= 11 is 1.58. The zero-order chi connectivity index (χ0) is 17.6. The van der Waals surface area contributed by atoms with Crippen LogP contribution in [0.1, 0.15) is 17.0 Å². The summed E-state index contributed by atoms with van der Waals surface area (Å²) in [6.07, 6.45) is 0. The van der Waals surface area contributed by atoms with Crippen molar-refractivity contribution in [2.45, 2.75) is 24.4 Å². The molecule has 3 rings (SSSR count). The molecular weight excluding hydrogens is 334 g/mol. The minimum Gasteiger partial charge on any atom is -0.497 e. The van der Waals surface area contributed by atoms with Crippen molar-refractivity contribution in [1.82, 2.24) is 14.9 Å². The highest BCUT2D eigenvalue weighted by Gasteiger charge is 2.11. The Morgan fingerprint density at radius 1 is 1.12 bits per heavy atom. The highest BCUT2D eigenvalue weighted by Crippen LogP contribution is 2.22. The average Bonchev–Trinajstić information content (AvgIpc) is 2.99. The number of nitrogens with two attached hydrogens (primary N) is 1. The van der Waals surface area contributed by atoms with E-state index in [9.17, 15) is 0 Å². The maximum Gasteiger partial charge on any atom is 0.210 e. The first-order chi connectivity index (χ1) is 12.2. The number of nitrogens with one attached hydrogen (secondary N) is 1. The van der Waals surface area contributed by atoms with Gasteiger partial charge in [-0.2, -0.15) is 0 Å². The average molecular weight is 355 g/mol. The Hall–Kier alpha value is -2.67. The van der Waals surface area contributed by atoms with Gasteiger partial charge in [-0.15, -0.1) is 10.2 Å². The molecule has 6 nitrogen and oxygen atoms in total. The largest absolute Gasteiger partial charge is 0.497 e. The summed E-state index contributed by atoms with van der Waals surface area (Å²) in [5.74, 6) is 8.44. The van der Waals surface area contributed by atoms with Gasteiger partial charge in [0.2, 0.25) is 5.16 Å². The molecule has 0 saturated heterocycles. The lowest BCUT2D eigenvalue weighted by molar-refractivity contribution is 0.415. The molecule has 0 aliphatic heterocycles. The van der Waals surface area contributed by atoms with Crippen LogP contribution in [-0.2, 0) is 12.3 Å². The first-order valence-electron chi connectivity index (χ1n) is 7.92. The van der Waals surface area contributed by atoms with Crippen molar-refractivity contribution in [3.8, 4) is 5.75 Å². The van der Waals surface area contributed by atoms with Gasteiger partial charge >= 0.3 is 0 Å². The Labute approximate surface area is 151 Å². The molecule has 0 aliphatic rings. The molecule has 0 fully saturated rings. The number of nitrogens with zero attached hydrogens (tertiary/aromatic N) is 3. The Bertz CT molecular complexity index is 832. The maximum atomic E-state index is 6.13. The van der Waals surface area contributed by atoms with E-state index in [-0.39, 0.29) is 0 Å². The van der Waals surface area contributed by atoms with Gasteiger partial charge in [-0.25, -0.2) is 4.68 Å². The van der Waals surface area contributed by atoms with E-state index < -0.39 is 0 Å². The molecule has 1 aromatic heterocycles. The molecule has 0 radical (unpaired) electrons. The molecule has 0 saturated carbocycles. The molecule has 0 spiro atoms. The van der Waals surface area contributed by atoms with Crippen molar-refractivity contribution in [2.24, 2.45) is 0 Å². The lowest BCUT2D eigenvalue weighted by Gasteiger charge is -2.08. The molecule has 2 aromatic carbocycles. The quantitative estimate of drug-likeness (QED) is 0.500. The van der Waals surface area contributed by atoms with Crippen molar-refractivity contribution in [1.29, 1.82) is 0 Å². The predicted molar refractivity (Wildman–Crippen MR) is 101 cm³/mol. The fourth-order valence-electron chi connectivity index (χ4n) is 2.33. The lowest BCUT2D eigenvalue weighted by atomic mass is 10.1. The van der Waals surface area contributed by atoms with E-state index in [1.807, 2.05) is 36.4 Å². The van der Waals surface area contributed by atoms with Gasteiger partial charge in [-0.1, -0.05) is 36.0 Å². The van der Waals surface area contributed by atoms with E-state index in [0.717, 1.165) is 17.2 Å². The van der Waals surface area contributed by atoms with Gasteiger partial charge in [0, 0.05) is 11.4 Å². The summed E-state index contributed by atoms with van der Waals surface area (Å²) in [5.41, 5.74) is 3.51. The Morgan fingerprint density at radius 3 is 2.60 bits per heavy atom. The Balaban J connectivity index is 1.59. The molecule has 7 heteroatoms. The van der Waals surface area contributed by atoms with Crippen LogP contribution in [0.2, 0.25) is 0 Å². The Kier molecular flexibility index (Phi) is 5.45. The predicted octanol–water partition coefficient (Wildman–Crippen LogP) is 3.21. The summed E-state index contributed by atoms with van der Waals surface area (Å²) < 4.78 is 6.69. The normalized spacial score (nSPS) is 10.6. The maximum absolute atomic E-state index is 6.13. The van der Waals surface area contributed by atoms with Crippen molar-refractivity contribution in [3.63, 3.8) is 0 Å². The SMILES string of the molecule is COc1ccc(NCc2nnc(SCc3ccccc3C)n2N)cc1. The van der Waals surface area contributed by atoms with Crippen LogP contribution in [0.25, 0.3) is 0 Å². The van der Waals surface area contributed by atoms with E-state index in [2.05, 4.69) is 34.6 Å². The van der Waals surface area contributed by atoms with Crippen LogP contribution < -0.4 is 15.9 Å². The molecule has 0 amide bonds. The third-order valence-corrected chi connectivity index (χ3v) is 4.89. The number of nitrogen functional groups attached to an aromatic ring is 1. The zero-order valence-corrected chi connectivity index (χ0v) is 15.1. The molecular formula is C18H21N5OS. The minimum absolute atomic E-state index is 0.501. The van der Waals surface area contributed by atoms with Gasteiger partial charge in [0.25, 0.3) is 0 Å². The molecule has 0 aliphatic carbocycles. The van der Waals surface area contributed by atoms with Gasteiger partial charge in [0.15, 0.2) is 5.82 Å². The molecule has 130 valence electrons. The lowest BCUT2D eigenvalue weighted by Crippen LogP contribution is -2.16. The zero-order valence-electron chi connectivity index (χ0n) is 14.3. The van der Waals surface area contributed by atoms with Gasteiger partial charge in [0.05, 0.1) is 13.7 Å². The second-order valence-electron chi connectivity index (χ2n) is 5.57. The van der Waals surface area contributed by atoms with Crippen LogP contribution in [0, 0.1) is 6.92 Å².